The first-order valence-corrected chi connectivity index (χ1v) is 16.6. The fourth-order valence-corrected chi connectivity index (χ4v) is 7.49. The average molecular weight is 646 g/mol. The summed E-state index contributed by atoms with van der Waals surface area (Å²) in [5.74, 6) is 0. The molecule has 6 rings (SSSR count). The number of morpholine rings is 1. The van der Waals surface area contributed by atoms with Gasteiger partial charge < -0.3 is 19.1 Å². The molecule has 1 atom stereocenters. The second kappa shape index (κ2) is 12.4. The van der Waals surface area contributed by atoms with Gasteiger partial charge in [-0.25, -0.2) is 17.4 Å². The second-order valence-corrected chi connectivity index (χ2v) is 14.0. The Bertz CT molecular complexity index is 2030. The maximum atomic E-state index is 14.0. The van der Waals surface area contributed by atoms with Crippen molar-refractivity contribution in [3.05, 3.63) is 111 Å². The fourth-order valence-electron chi connectivity index (χ4n) is 5.96. The monoisotopic (exact) mass is 645 g/mol. The van der Waals surface area contributed by atoms with Gasteiger partial charge in [0.25, 0.3) is 15.6 Å². The molecule has 0 N–H and O–H groups in total. The Morgan fingerprint density at radius 1 is 1.00 bits per heavy atom. The van der Waals surface area contributed by atoms with Crippen molar-refractivity contribution < 1.29 is 13.2 Å². The van der Waals surface area contributed by atoms with Crippen LogP contribution in [-0.4, -0.2) is 73.8 Å². The quantitative estimate of drug-likeness (QED) is 0.224. The molecule has 1 aliphatic heterocycles. The minimum Gasteiger partial charge on any atom is -0.378 e. The Labute approximate surface area is 268 Å². The molecule has 3 aromatic heterocycles. The van der Waals surface area contributed by atoms with Crippen molar-refractivity contribution in [2.75, 3.05) is 51.8 Å². The van der Waals surface area contributed by atoms with E-state index in [2.05, 4.69) is 9.88 Å². The van der Waals surface area contributed by atoms with E-state index in [9.17, 15) is 13.2 Å². The Balaban J connectivity index is 1.53. The van der Waals surface area contributed by atoms with Crippen LogP contribution in [0.3, 0.4) is 0 Å². The number of rotatable bonds is 8. The molecule has 1 fully saturated rings. The molecule has 5 aromatic rings. The van der Waals surface area contributed by atoms with Crippen molar-refractivity contribution in [3.8, 4) is 11.1 Å². The van der Waals surface area contributed by atoms with Gasteiger partial charge in [-0.2, -0.15) is 0 Å². The third-order valence-corrected chi connectivity index (χ3v) is 10.1. The number of hydrogen-bond donors (Lipinski definition) is 0. The summed E-state index contributed by atoms with van der Waals surface area (Å²) >= 11 is 6.34. The molecule has 2 aromatic carbocycles. The number of ether oxygens (including phenoxy) is 1. The van der Waals surface area contributed by atoms with Crippen molar-refractivity contribution in [1.82, 2.24) is 18.4 Å². The number of pyridine rings is 2. The number of anilines is 1. The molecule has 1 saturated heterocycles. The van der Waals surface area contributed by atoms with Gasteiger partial charge >= 0.3 is 0 Å². The first-order valence-electron chi connectivity index (χ1n) is 14.8. The number of aryl methyl sites for hydroxylation is 2. The van der Waals surface area contributed by atoms with E-state index < -0.39 is 10.0 Å². The standard InChI is InChI=1S/C34H36ClN5O4S/c1-23-8-10-29(11-9-23)45(42,43)39-21-31(30-19-28(20-36-34(30)39)38-12-14-44-15-13-38)26-16-24(2)40(33(41)18-26)32(22-37(3)4)25-6-5-7-27(35)17-25/h5-11,16-21,32H,12-15,22H2,1-4H3. The van der Waals surface area contributed by atoms with E-state index in [1.807, 2.05) is 69.2 Å². The maximum absolute atomic E-state index is 14.0. The molecule has 1 unspecified atom stereocenters. The highest BCUT2D eigenvalue weighted by atomic mass is 35.5. The lowest BCUT2D eigenvalue weighted by Crippen LogP contribution is -2.36. The third-order valence-electron chi connectivity index (χ3n) is 8.21. The van der Waals surface area contributed by atoms with E-state index in [1.54, 1.807) is 47.3 Å². The van der Waals surface area contributed by atoms with Crippen LogP contribution in [0.4, 0.5) is 5.69 Å². The maximum Gasteiger partial charge on any atom is 0.269 e. The van der Waals surface area contributed by atoms with Gasteiger partial charge in [0.05, 0.1) is 36.0 Å². The number of aromatic nitrogens is 3. The summed E-state index contributed by atoms with van der Waals surface area (Å²) in [7, 11) is -0.0496. The van der Waals surface area contributed by atoms with Crippen LogP contribution in [0.15, 0.2) is 88.8 Å². The van der Waals surface area contributed by atoms with Crippen LogP contribution in [0.25, 0.3) is 22.2 Å². The van der Waals surface area contributed by atoms with Gasteiger partial charge in [0.1, 0.15) is 0 Å². The van der Waals surface area contributed by atoms with E-state index >= 15 is 0 Å². The van der Waals surface area contributed by atoms with Gasteiger partial charge in [-0.05, 0) is 75.5 Å². The van der Waals surface area contributed by atoms with Crippen molar-refractivity contribution in [3.63, 3.8) is 0 Å². The first kappa shape index (κ1) is 31.0. The highest BCUT2D eigenvalue weighted by Crippen LogP contribution is 2.35. The molecule has 9 nitrogen and oxygen atoms in total. The molecule has 1 aliphatic rings. The number of hydrogen-bond acceptors (Lipinski definition) is 7. The van der Waals surface area contributed by atoms with Gasteiger partial charge in [-0.1, -0.05) is 41.4 Å². The Kier molecular flexibility index (Phi) is 8.58. The molecule has 11 heteroatoms. The molecule has 0 aliphatic carbocycles. The van der Waals surface area contributed by atoms with Crippen LogP contribution in [0, 0.1) is 13.8 Å². The molecule has 0 amide bonds. The van der Waals surface area contributed by atoms with Crippen LogP contribution in [-0.2, 0) is 14.8 Å². The van der Waals surface area contributed by atoms with Crippen LogP contribution in [0.1, 0.15) is 22.9 Å². The lowest BCUT2D eigenvalue weighted by molar-refractivity contribution is 0.122. The highest BCUT2D eigenvalue weighted by Gasteiger charge is 2.26. The smallest absolute Gasteiger partial charge is 0.269 e. The predicted octanol–water partition coefficient (Wildman–Crippen LogP) is 5.36. The lowest BCUT2D eigenvalue weighted by Gasteiger charge is -2.28. The van der Waals surface area contributed by atoms with E-state index in [0.717, 1.165) is 22.5 Å². The molecular weight excluding hydrogens is 610 g/mol. The van der Waals surface area contributed by atoms with E-state index in [0.29, 0.717) is 60.0 Å². The number of nitrogens with zero attached hydrogens (tertiary/aromatic N) is 5. The number of likely N-dealkylation sites (N-methyl/N-ethyl adjacent to an activating group) is 1. The third kappa shape index (κ3) is 6.15. The van der Waals surface area contributed by atoms with Crippen LogP contribution < -0.4 is 10.5 Å². The minimum atomic E-state index is -3.98. The van der Waals surface area contributed by atoms with Gasteiger partial charge in [0.2, 0.25) is 0 Å². The van der Waals surface area contributed by atoms with Gasteiger partial charge in [0, 0.05) is 53.6 Å². The summed E-state index contributed by atoms with van der Waals surface area (Å²) < 4.78 is 36.5. The number of benzene rings is 2. The molecule has 45 heavy (non-hydrogen) atoms. The van der Waals surface area contributed by atoms with Gasteiger partial charge in [0.15, 0.2) is 5.65 Å². The highest BCUT2D eigenvalue weighted by molar-refractivity contribution is 7.90. The lowest BCUT2D eigenvalue weighted by atomic mass is 10.0. The zero-order chi connectivity index (χ0) is 31.9. The predicted molar refractivity (Wildman–Crippen MR) is 179 cm³/mol. The first-order chi connectivity index (χ1) is 21.5. The largest absolute Gasteiger partial charge is 0.378 e. The topological polar surface area (TPSA) is 89.7 Å². The summed E-state index contributed by atoms with van der Waals surface area (Å²) in [5, 5.41) is 1.25. The minimum absolute atomic E-state index is 0.162. The van der Waals surface area contributed by atoms with Gasteiger partial charge in [-0.3, -0.25) is 4.79 Å². The Hall–Kier alpha value is -3.96. The summed E-state index contributed by atoms with van der Waals surface area (Å²) in [5.41, 5.74) is 4.83. The zero-order valence-electron chi connectivity index (χ0n) is 25.8. The SMILES string of the molecule is Cc1ccc(S(=O)(=O)n2cc(-c3cc(C)n(C(CN(C)C)c4cccc(Cl)c4)c(=O)c3)c3cc(N4CCOCC4)cnc32)cc1. The van der Waals surface area contributed by atoms with E-state index in [-0.39, 0.29) is 16.5 Å². The van der Waals surface area contributed by atoms with Crippen molar-refractivity contribution in [2.24, 2.45) is 0 Å². The normalized spacial score (nSPS) is 14.8. The summed E-state index contributed by atoms with van der Waals surface area (Å²) in [6.07, 6.45) is 3.29. The summed E-state index contributed by atoms with van der Waals surface area (Å²) in [6, 6.07) is 19.5. The fraction of sp³-hybridized carbons (Fsp3) is 0.294. The molecule has 4 heterocycles. The molecular formula is C34H36ClN5O4S. The molecule has 0 radical (unpaired) electrons. The molecule has 0 saturated carbocycles. The van der Waals surface area contributed by atoms with Gasteiger partial charge in [-0.15, -0.1) is 0 Å². The molecule has 0 bridgehead atoms. The van der Waals surface area contributed by atoms with Crippen molar-refractivity contribution >= 4 is 38.3 Å². The average Bonchev–Trinajstić information content (AvgIpc) is 3.40. The Morgan fingerprint density at radius 2 is 1.73 bits per heavy atom. The van der Waals surface area contributed by atoms with Crippen LogP contribution >= 0.6 is 11.6 Å². The zero-order valence-corrected chi connectivity index (χ0v) is 27.3. The number of fused-ring (bicyclic) bond motifs is 1. The van der Waals surface area contributed by atoms with Crippen molar-refractivity contribution in [1.29, 1.82) is 0 Å². The van der Waals surface area contributed by atoms with E-state index in [1.165, 1.54) is 3.97 Å². The van der Waals surface area contributed by atoms with Crippen LogP contribution in [0.5, 0.6) is 0 Å². The van der Waals surface area contributed by atoms with Crippen molar-refractivity contribution in [2.45, 2.75) is 24.8 Å². The summed E-state index contributed by atoms with van der Waals surface area (Å²) in [6.45, 7) is 7.01. The molecule has 0 spiro atoms. The van der Waals surface area contributed by atoms with Crippen LogP contribution in [0.2, 0.25) is 5.02 Å². The summed E-state index contributed by atoms with van der Waals surface area (Å²) in [4.78, 5) is 23.0. The molecule has 234 valence electrons. The number of halogens is 1. The van der Waals surface area contributed by atoms with E-state index in [4.69, 9.17) is 16.3 Å². The second-order valence-electron chi connectivity index (χ2n) is 11.7. The Morgan fingerprint density at radius 3 is 2.40 bits per heavy atom.